The molecule has 0 fully saturated rings. The van der Waals surface area contributed by atoms with Crippen molar-refractivity contribution in [2.24, 2.45) is 0 Å². The minimum Gasteiger partial charge on any atom is -0.317 e. The second-order valence-corrected chi connectivity index (χ2v) is 5.32. The Labute approximate surface area is 90.3 Å². The number of hydrogen-bond acceptors (Lipinski definition) is 2. The molecular formula is C12H17NS. The van der Waals surface area contributed by atoms with Gasteiger partial charge in [-0.25, -0.2) is 0 Å². The molecule has 0 radical (unpaired) electrons. The van der Waals surface area contributed by atoms with E-state index in [1.54, 1.807) is 0 Å². The monoisotopic (exact) mass is 207 g/mol. The van der Waals surface area contributed by atoms with Crippen LogP contribution in [-0.4, -0.2) is 18.3 Å². The zero-order chi connectivity index (χ0) is 9.97. The van der Waals surface area contributed by atoms with Crippen LogP contribution < -0.4 is 5.32 Å². The quantitative estimate of drug-likeness (QED) is 0.818. The Morgan fingerprint density at radius 1 is 1.50 bits per heavy atom. The number of thioether (sulfide) groups is 1. The average Bonchev–Trinajstić information content (AvgIpc) is 2.59. The average molecular weight is 207 g/mol. The van der Waals surface area contributed by atoms with Crippen molar-refractivity contribution >= 4 is 11.8 Å². The van der Waals surface area contributed by atoms with Crippen LogP contribution in [0, 0.1) is 0 Å². The van der Waals surface area contributed by atoms with Gasteiger partial charge in [-0.3, -0.25) is 0 Å². The van der Waals surface area contributed by atoms with Crippen molar-refractivity contribution in [2.45, 2.75) is 36.0 Å². The van der Waals surface area contributed by atoms with Crippen molar-refractivity contribution < 1.29 is 0 Å². The minimum absolute atomic E-state index is 0.627. The molecule has 76 valence electrons. The largest absolute Gasteiger partial charge is 0.317 e. The van der Waals surface area contributed by atoms with E-state index in [1.165, 1.54) is 23.3 Å². The van der Waals surface area contributed by atoms with Gasteiger partial charge in [-0.1, -0.05) is 18.2 Å². The van der Waals surface area contributed by atoms with Crippen LogP contribution in [0.2, 0.25) is 0 Å². The Bertz CT molecular complexity index is 286. The third-order valence-corrected chi connectivity index (χ3v) is 4.17. The fourth-order valence-corrected chi connectivity index (χ4v) is 3.36. The van der Waals surface area contributed by atoms with E-state index < -0.39 is 0 Å². The minimum atomic E-state index is 0.627. The number of benzene rings is 1. The van der Waals surface area contributed by atoms with Crippen molar-refractivity contribution in [3.8, 4) is 0 Å². The molecule has 14 heavy (non-hydrogen) atoms. The highest BCUT2D eigenvalue weighted by Crippen LogP contribution is 2.38. The lowest BCUT2D eigenvalue weighted by atomic mass is 10.1. The molecule has 0 amide bonds. The van der Waals surface area contributed by atoms with E-state index in [0.717, 1.165) is 5.25 Å². The van der Waals surface area contributed by atoms with E-state index in [-0.39, 0.29) is 0 Å². The summed E-state index contributed by atoms with van der Waals surface area (Å²) in [6, 6.07) is 9.40. The molecule has 0 aliphatic carbocycles. The summed E-state index contributed by atoms with van der Waals surface area (Å²) in [5.74, 6) is 0. The zero-order valence-corrected chi connectivity index (χ0v) is 9.60. The zero-order valence-electron chi connectivity index (χ0n) is 8.79. The first-order valence-electron chi connectivity index (χ1n) is 5.21. The van der Waals surface area contributed by atoms with E-state index in [9.17, 15) is 0 Å². The van der Waals surface area contributed by atoms with Gasteiger partial charge in [0.15, 0.2) is 0 Å². The third kappa shape index (κ3) is 2.12. The molecule has 0 aromatic heterocycles. The molecule has 1 aliphatic rings. The van der Waals surface area contributed by atoms with Gasteiger partial charge >= 0.3 is 0 Å². The van der Waals surface area contributed by atoms with Crippen LogP contribution in [0.15, 0.2) is 29.2 Å². The first-order valence-corrected chi connectivity index (χ1v) is 6.09. The Morgan fingerprint density at radius 3 is 3.00 bits per heavy atom. The molecule has 2 unspecified atom stereocenters. The second-order valence-electron chi connectivity index (χ2n) is 3.98. The molecule has 1 aromatic carbocycles. The Morgan fingerprint density at radius 2 is 2.29 bits per heavy atom. The van der Waals surface area contributed by atoms with Gasteiger partial charge in [0.1, 0.15) is 0 Å². The number of hydrogen-bond donors (Lipinski definition) is 1. The summed E-state index contributed by atoms with van der Waals surface area (Å²) < 4.78 is 0. The van der Waals surface area contributed by atoms with Crippen molar-refractivity contribution in [2.75, 3.05) is 7.05 Å². The number of nitrogens with one attached hydrogen (secondary N) is 1. The van der Waals surface area contributed by atoms with Crippen LogP contribution in [0.5, 0.6) is 0 Å². The Hall–Kier alpha value is -0.470. The molecule has 2 heteroatoms. The lowest BCUT2D eigenvalue weighted by molar-refractivity contribution is 0.553. The van der Waals surface area contributed by atoms with Gasteiger partial charge in [-0.2, -0.15) is 0 Å². The summed E-state index contributed by atoms with van der Waals surface area (Å²) in [5, 5.41) is 4.08. The molecular weight excluding hydrogens is 190 g/mol. The molecule has 0 spiro atoms. The normalized spacial score (nSPS) is 22.0. The molecule has 2 rings (SSSR count). The van der Waals surface area contributed by atoms with Crippen molar-refractivity contribution in [1.29, 1.82) is 0 Å². The van der Waals surface area contributed by atoms with Crippen LogP contribution in [0.4, 0.5) is 0 Å². The molecule has 0 saturated carbocycles. The van der Waals surface area contributed by atoms with Crippen molar-refractivity contribution in [3.63, 3.8) is 0 Å². The van der Waals surface area contributed by atoms with E-state index in [4.69, 9.17) is 0 Å². The summed E-state index contributed by atoms with van der Waals surface area (Å²) in [6.07, 6.45) is 2.50. The fraction of sp³-hybridized carbons (Fsp3) is 0.500. The van der Waals surface area contributed by atoms with Crippen LogP contribution in [-0.2, 0) is 6.42 Å². The summed E-state index contributed by atoms with van der Waals surface area (Å²) in [7, 11) is 2.04. The standard InChI is InChI=1S/C12H17NS/c1-9(13-2)7-11-8-10-5-3-4-6-12(10)14-11/h3-6,9,11,13H,7-8H2,1-2H3. The van der Waals surface area contributed by atoms with Gasteiger partial charge in [0.25, 0.3) is 0 Å². The highest BCUT2D eigenvalue weighted by Gasteiger charge is 2.22. The van der Waals surface area contributed by atoms with Crippen LogP contribution >= 0.6 is 11.8 Å². The second kappa shape index (κ2) is 4.37. The van der Waals surface area contributed by atoms with E-state index >= 15 is 0 Å². The molecule has 1 N–H and O–H groups in total. The molecule has 1 aromatic rings. The lowest BCUT2D eigenvalue weighted by Crippen LogP contribution is -2.25. The van der Waals surface area contributed by atoms with E-state index in [1.807, 2.05) is 18.8 Å². The summed E-state index contributed by atoms with van der Waals surface area (Å²) >= 11 is 2.04. The number of fused-ring (bicyclic) bond motifs is 1. The lowest BCUT2D eigenvalue weighted by Gasteiger charge is -2.14. The van der Waals surface area contributed by atoms with E-state index in [0.29, 0.717) is 6.04 Å². The Kier molecular flexibility index (Phi) is 3.14. The molecule has 1 heterocycles. The molecule has 2 atom stereocenters. The van der Waals surface area contributed by atoms with Crippen LogP contribution in [0.3, 0.4) is 0 Å². The number of rotatable bonds is 3. The SMILES string of the molecule is CNC(C)CC1Cc2ccccc2S1. The summed E-state index contributed by atoms with van der Waals surface area (Å²) in [6.45, 7) is 2.25. The van der Waals surface area contributed by atoms with E-state index in [2.05, 4.69) is 36.5 Å². The highest BCUT2D eigenvalue weighted by atomic mass is 32.2. The molecule has 0 saturated heterocycles. The van der Waals surface area contributed by atoms with Gasteiger partial charge in [-0.05, 0) is 38.4 Å². The van der Waals surface area contributed by atoms with Crippen LogP contribution in [0.1, 0.15) is 18.9 Å². The van der Waals surface area contributed by atoms with Crippen molar-refractivity contribution in [1.82, 2.24) is 5.32 Å². The topological polar surface area (TPSA) is 12.0 Å². The fourth-order valence-electron chi connectivity index (χ4n) is 1.90. The first kappa shape index (κ1) is 10.1. The van der Waals surface area contributed by atoms with Gasteiger partial charge in [0.2, 0.25) is 0 Å². The maximum absolute atomic E-state index is 3.31. The molecule has 1 aliphatic heterocycles. The molecule has 1 nitrogen and oxygen atoms in total. The molecule has 0 bridgehead atoms. The smallest absolute Gasteiger partial charge is 0.0150 e. The third-order valence-electron chi connectivity index (χ3n) is 2.82. The van der Waals surface area contributed by atoms with Crippen LogP contribution in [0.25, 0.3) is 0 Å². The predicted molar refractivity (Wildman–Crippen MR) is 62.9 cm³/mol. The van der Waals surface area contributed by atoms with Gasteiger partial charge in [-0.15, -0.1) is 11.8 Å². The maximum atomic E-state index is 3.31. The van der Waals surface area contributed by atoms with Gasteiger partial charge in [0.05, 0.1) is 0 Å². The summed E-state index contributed by atoms with van der Waals surface area (Å²) in [4.78, 5) is 1.49. The van der Waals surface area contributed by atoms with Crippen molar-refractivity contribution in [3.05, 3.63) is 29.8 Å². The Balaban J connectivity index is 1.98. The highest BCUT2D eigenvalue weighted by molar-refractivity contribution is 8.00. The van der Waals surface area contributed by atoms with Gasteiger partial charge in [0, 0.05) is 16.2 Å². The predicted octanol–water partition coefficient (Wildman–Crippen LogP) is 2.70. The first-order chi connectivity index (χ1) is 6.79. The summed E-state index contributed by atoms with van der Waals surface area (Å²) in [5.41, 5.74) is 1.53. The maximum Gasteiger partial charge on any atom is 0.0150 e. The van der Waals surface area contributed by atoms with Gasteiger partial charge < -0.3 is 5.32 Å².